The molecule has 0 fully saturated rings. The van der Waals surface area contributed by atoms with E-state index in [0.29, 0.717) is 11.9 Å². The predicted octanol–water partition coefficient (Wildman–Crippen LogP) is 2.52. The zero-order valence-electron chi connectivity index (χ0n) is 19.9. The summed E-state index contributed by atoms with van der Waals surface area (Å²) in [5.74, 6) is -0.484. The second-order valence-corrected chi connectivity index (χ2v) is 10.7. The third-order valence-corrected chi connectivity index (χ3v) is 6.56. The van der Waals surface area contributed by atoms with Gasteiger partial charge in [-0.2, -0.15) is 0 Å². The number of pyridine rings is 1. The van der Waals surface area contributed by atoms with E-state index in [1.54, 1.807) is 39.0 Å². The van der Waals surface area contributed by atoms with Crippen molar-refractivity contribution in [3.05, 3.63) is 70.5 Å². The maximum atomic E-state index is 13.0. The number of hydrogen-bond donors (Lipinski definition) is 3. The van der Waals surface area contributed by atoms with Crippen LogP contribution in [0.4, 0.5) is 0 Å². The van der Waals surface area contributed by atoms with Gasteiger partial charge in [0.1, 0.15) is 16.2 Å². The molecular weight excluding hydrogens is 472 g/mol. The van der Waals surface area contributed by atoms with Crippen LogP contribution < -0.4 is 15.0 Å². The molecule has 188 valence electrons. The number of sulfonamides is 1. The smallest absolute Gasteiger partial charge is 0.308 e. The second-order valence-electron chi connectivity index (χ2n) is 9.04. The summed E-state index contributed by atoms with van der Waals surface area (Å²) in [6.07, 6.45) is 0.155. The van der Waals surface area contributed by atoms with Crippen LogP contribution in [0.2, 0.25) is 0 Å². The number of para-hydroxylation sites is 1. The van der Waals surface area contributed by atoms with E-state index in [1.807, 2.05) is 18.2 Å². The highest BCUT2D eigenvalue weighted by molar-refractivity contribution is 7.89. The van der Waals surface area contributed by atoms with Gasteiger partial charge in [0.05, 0.1) is 25.7 Å². The number of benzene rings is 2. The number of aromatic nitrogens is 1. The third-order valence-electron chi connectivity index (χ3n) is 5.00. The summed E-state index contributed by atoms with van der Waals surface area (Å²) in [4.78, 5) is 26.3. The van der Waals surface area contributed by atoms with Gasteiger partial charge in [-0.3, -0.25) is 9.59 Å². The number of hydrogen-bond acceptors (Lipinski definition) is 7. The summed E-state index contributed by atoms with van der Waals surface area (Å²) < 4.78 is 39.5. The van der Waals surface area contributed by atoms with E-state index in [-0.39, 0.29) is 29.2 Å². The first-order chi connectivity index (χ1) is 16.5. The van der Waals surface area contributed by atoms with Gasteiger partial charge in [-0.25, -0.2) is 13.1 Å². The molecule has 2 aromatic carbocycles. The Morgan fingerprint density at radius 3 is 2.54 bits per heavy atom. The van der Waals surface area contributed by atoms with Crippen molar-refractivity contribution in [2.24, 2.45) is 0 Å². The molecule has 1 aromatic heterocycles. The van der Waals surface area contributed by atoms with Crippen LogP contribution in [0, 0.1) is 0 Å². The van der Waals surface area contributed by atoms with Crippen LogP contribution in [0.1, 0.15) is 32.8 Å². The van der Waals surface area contributed by atoms with E-state index in [4.69, 9.17) is 9.47 Å². The minimum atomic E-state index is -4.11. The van der Waals surface area contributed by atoms with E-state index >= 15 is 0 Å². The third kappa shape index (κ3) is 7.38. The maximum absolute atomic E-state index is 13.0. The topological polar surface area (TPSA) is 135 Å². The molecule has 3 rings (SSSR count). The number of ether oxygens (including phenoxy) is 2. The molecular formula is C25H30N2O7S. The van der Waals surface area contributed by atoms with Crippen LogP contribution in [-0.2, 0) is 26.0 Å². The van der Waals surface area contributed by atoms with E-state index in [0.717, 1.165) is 10.9 Å². The molecule has 0 aliphatic carbocycles. The molecule has 0 saturated carbocycles. The van der Waals surface area contributed by atoms with E-state index < -0.39 is 34.2 Å². The fourth-order valence-corrected chi connectivity index (χ4v) is 4.92. The van der Waals surface area contributed by atoms with Crippen molar-refractivity contribution in [2.75, 3.05) is 13.2 Å². The van der Waals surface area contributed by atoms with Crippen molar-refractivity contribution < 1.29 is 27.8 Å². The monoisotopic (exact) mass is 502 g/mol. The number of aromatic amines is 1. The first-order valence-electron chi connectivity index (χ1n) is 11.2. The highest BCUT2D eigenvalue weighted by Gasteiger charge is 2.26. The van der Waals surface area contributed by atoms with Crippen molar-refractivity contribution in [2.45, 2.75) is 50.2 Å². The lowest BCUT2D eigenvalue weighted by molar-refractivity contribution is -0.155. The molecule has 0 aliphatic heterocycles. The molecule has 3 aromatic rings. The van der Waals surface area contributed by atoms with Crippen LogP contribution in [-0.4, -0.2) is 49.3 Å². The zero-order valence-corrected chi connectivity index (χ0v) is 20.7. The Morgan fingerprint density at radius 1 is 1.09 bits per heavy atom. The van der Waals surface area contributed by atoms with Crippen LogP contribution in [0.5, 0.6) is 5.75 Å². The number of esters is 1. The lowest BCUT2D eigenvalue weighted by Gasteiger charge is -2.22. The Labute approximate surface area is 204 Å². The first kappa shape index (κ1) is 26.4. The minimum absolute atomic E-state index is 0.107. The molecule has 35 heavy (non-hydrogen) atoms. The number of aliphatic hydroxyl groups excluding tert-OH is 1. The molecule has 0 unspecified atom stereocenters. The van der Waals surface area contributed by atoms with Crippen molar-refractivity contribution in [3.8, 4) is 5.75 Å². The lowest BCUT2D eigenvalue weighted by atomic mass is 10.1. The number of aliphatic hydroxyl groups is 1. The predicted molar refractivity (Wildman–Crippen MR) is 132 cm³/mol. The number of H-pyrrole nitrogens is 1. The van der Waals surface area contributed by atoms with Gasteiger partial charge in [-0.1, -0.05) is 24.3 Å². The van der Waals surface area contributed by atoms with E-state index in [1.165, 1.54) is 18.2 Å². The van der Waals surface area contributed by atoms with Gasteiger partial charge in [0.25, 0.3) is 0 Å². The standard InChI is InChI=1S/C25H30N2O7S/c1-25(2,3)34-24(30)15-18(16-28)27-35(31,32)22-10-5-4-9-21(22)33-14-13-17-7-6-8-20-19(17)11-12-23(29)26-20/h4-12,18,27-28H,13-16H2,1-3H3,(H,26,29)/t18-/m0/s1. The van der Waals surface area contributed by atoms with Gasteiger partial charge in [-0.15, -0.1) is 0 Å². The number of carbonyl (C=O) groups is 1. The molecule has 0 amide bonds. The molecule has 0 saturated heterocycles. The Hall–Kier alpha value is -3.21. The highest BCUT2D eigenvalue weighted by Crippen LogP contribution is 2.24. The molecule has 10 heteroatoms. The molecule has 1 heterocycles. The van der Waals surface area contributed by atoms with Gasteiger partial charge >= 0.3 is 5.97 Å². The van der Waals surface area contributed by atoms with E-state index in [2.05, 4.69) is 9.71 Å². The zero-order chi connectivity index (χ0) is 25.6. The normalized spacial score (nSPS) is 12.9. The number of nitrogens with one attached hydrogen (secondary N) is 2. The van der Waals surface area contributed by atoms with Gasteiger partial charge in [0, 0.05) is 23.4 Å². The number of rotatable bonds is 10. The SMILES string of the molecule is CC(C)(C)OC(=O)C[C@@H](CO)NS(=O)(=O)c1ccccc1OCCc1cccc2[nH]c(=O)ccc12. The Balaban J connectivity index is 1.71. The van der Waals surface area contributed by atoms with Gasteiger partial charge in [0.2, 0.25) is 15.6 Å². The number of fused-ring (bicyclic) bond motifs is 1. The van der Waals surface area contributed by atoms with Crippen LogP contribution in [0.3, 0.4) is 0 Å². The average molecular weight is 503 g/mol. The minimum Gasteiger partial charge on any atom is -0.492 e. The van der Waals surface area contributed by atoms with Crippen molar-refractivity contribution >= 4 is 26.9 Å². The maximum Gasteiger partial charge on any atom is 0.308 e. The number of carbonyl (C=O) groups excluding carboxylic acids is 1. The van der Waals surface area contributed by atoms with Crippen molar-refractivity contribution in [3.63, 3.8) is 0 Å². The van der Waals surface area contributed by atoms with Crippen LogP contribution in [0.15, 0.2) is 64.3 Å². The molecule has 0 spiro atoms. The molecule has 0 bridgehead atoms. The molecule has 3 N–H and O–H groups in total. The summed E-state index contributed by atoms with van der Waals surface area (Å²) in [6, 6.07) is 13.8. The molecule has 9 nitrogen and oxygen atoms in total. The van der Waals surface area contributed by atoms with Crippen molar-refractivity contribution in [1.29, 1.82) is 0 Å². The van der Waals surface area contributed by atoms with E-state index in [9.17, 15) is 23.1 Å². The van der Waals surface area contributed by atoms with Gasteiger partial charge < -0.3 is 19.6 Å². The summed E-state index contributed by atoms with van der Waals surface area (Å²) in [7, 11) is -4.11. The molecule has 0 radical (unpaired) electrons. The van der Waals surface area contributed by atoms with Crippen LogP contribution >= 0.6 is 0 Å². The van der Waals surface area contributed by atoms with Gasteiger partial charge in [0.15, 0.2) is 0 Å². The molecule has 1 atom stereocenters. The highest BCUT2D eigenvalue weighted by atomic mass is 32.2. The van der Waals surface area contributed by atoms with Crippen molar-refractivity contribution in [1.82, 2.24) is 9.71 Å². The summed E-state index contributed by atoms with van der Waals surface area (Å²) in [5.41, 5.74) is 0.734. The largest absolute Gasteiger partial charge is 0.492 e. The Kier molecular flexibility index (Phi) is 8.31. The van der Waals surface area contributed by atoms with Gasteiger partial charge in [-0.05, 0) is 50.6 Å². The van der Waals surface area contributed by atoms with Crippen LogP contribution in [0.25, 0.3) is 10.9 Å². The fourth-order valence-electron chi connectivity index (χ4n) is 3.54. The average Bonchev–Trinajstić information content (AvgIpc) is 2.77. The molecule has 0 aliphatic rings. The summed E-state index contributed by atoms with van der Waals surface area (Å²) in [5, 5.41) is 10.5. The Bertz CT molecular complexity index is 1340. The second kappa shape index (κ2) is 11.0. The first-order valence-corrected chi connectivity index (χ1v) is 12.6. The Morgan fingerprint density at radius 2 is 1.83 bits per heavy atom. The fraction of sp³-hybridized carbons (Fsp3) is 0.360. The quantitative estimate of drug-likeness (QED) is 0.363. The lowest BCUT2D eigenvalue weighted by Crippen LogP contribution is -2.40. The summed E-state index contributed by atoms with van der Waals surface area (Å²) >= 11 is 0. The summed E-state index contributed by atoms with van der Waals surface area (Å²) in [6.45, 7) is 4.72.